The average molecular weight is 386 g/mol. The van der Waals surface area contributed by atoms with Crippen LogP contribution < -0.4 is 5.32 Å². The summed E-state index contributed by atoms with van der Waals surface area (Å²) in [5.41, 5.74) is 2.53. The SMILES string of the molecule is Cc1sc(-n2cccc2)c(C(=O)NCC(c2cccc(F)c2)N(C)C)c1C. The van der Waals surface area contributed by atoms with Crippen LogP contribution in [0.15, 0.2) is 48.8 Å². The third-order valence-corrected chi connectivity index (χ3v) is 5.97. The maximum absolute atomic E-state index is 13.6. The van der Waals surface area contributed by atoms with Crippen LogP contribution in [-0.2, 0) is 0 Å². The van der Waals surface area contributed by atoms with E-state index in [1.165, 1.54) is 12.1 Å². The molecule has 0 fully saturated rings. The van der Waals surface area contributed by atoms with Gasteiger partial charge in [0.2, 0.25) is 0 Å². The number of carbonyl (C=O) groups is 1. The molecule has 2 heterocycles. The summed E-state index contributed by atoms with van der Waals surface area (Å²) in [5, 5.41) is 3.96. The molecule has 0 saturated heterocycles. The topological polar surface area (TPSA) is 37.3 Å². The Morgan fingerprint density at radius 2 is 1.93 bits per heavy atom. The van der Waals surface area contributed by atoms with Crippen LogP contribution in [0, 0.1) is 19.7 Å². The molecule has 1 atom stereocenters. The molecule has 0 aliphatic rings. The van der Waals surface area contributed by atoms with Crippen LogP contribution in [0.5, 0.6) is 0 Å². The van der Waals surface area contributed by atoms with Gasteiger partial charge in [0.1, 0.15) is 10.8 Å². The predicted octanol–water partition coefficient (Wildman–Crippen LogP) is 4.33. The second-order valence-corrected chi connectivity index (χ2v) is 8.00. The maximum Gasteiger partial charge on any atom is 0.254 e. The van der Waals surface area contributed by atoms with Crippen molar-refractivity contribution in [2.45, 2.75) is 19.9 Å². The Balaban J connectivity index is 1.83. The molecular weight excluding hydrogens is 361 g/mol. The fourth-order valence-electron chi connectivity index (χ4n) is 3.12. The average Bonchev–Trinajstić information content (AvgIpc) is 3.24. The summed E-state index contributed by atoms with van der Waals surface area (Å²) >= 11 is 1.61. The number of likely N-dealkylation sites (N-methyl/N-ethyl adjacent to an activating group) is 1. The number of aryl methyl sites for hydroxylation is 1. The number of benzene rings is 1. The third-order valence-electron chi connectivity index (χ3n) is 4.75. The number of rotatable bonds is 6. The highest BCUT2D eigenvalue weighted by atomic mass is 32.1. The Labute approximate surface area is 163 Å². The zero-order valence-electron chi connectivity index (χ0n) is 16.0. The van der Waals surface area contributed by atoms with Gasteiger partial charge in [-0.1, -0.05) is 12.1 Å². The van der Waals surface area contributed by atoms with E-state index in [-0.39, 0.29) is 17.8 Å². The third kappa shape index (κ3) is 4.12. The summed E-state index contributed by atoms with van der Waals surface area (Å²) in [6, 6.07) is 10.3. The second kappa shape index (κ2) is 8.06. The monoisotopic (exact) mass is 385 g/mol. The normalized spacial score (nSPS) is 12.4. The molecule has 142 valence electrons. The lowest BCUT2D eigenvalue weighted by Gasteiger charge is -2.25. The van der Waals surface area contributed by atoms with E-state index in [4.69, 9.17) is 0 Å². The van der Waals surface area contributed by atoms with Gasteiger partial charge < -0.3 is 14.8 Å². The van der Waals surface area contributed by atoms with Crippen molar-refractivity contribution in [3.63, 3.8) is 0 Å². The summed E-state index contributed by atoms with van der Waals surface area (Å²) in [4.78, 5) is 16.1. The number of hydrogen-bond donors (Lipinski definition) is 1. The van der Waals surface area contributed by atoms with Gasteiger partial charge in [0.25, 0.3) is 5.91 Å². The predicted molar refractivity (Wildman–Crippen MR) is 108 cm³/mol. The smallest absolute Gasteiger partial charge is 0.254 e. The molecule has 1 aromatic carbocycles. The van der Waals surface area contributed by atoms with E-state index in [1.807, 2.05) is 68.0 Å². The summed E-state index contributed by atoms with van der Waals surface area (Å²) in [6.45, 7) is 4.40. The number of aromatic nitrogens is 1. The molecule has 3 rings (SSSR count). The van der Waals surface area contributed by atoms with Crippen LogP contribution in [0.1, 0.15) is 32.4 Å². The first-order chi connectivity index (χ1) is 12.9. The van der Waals surface area contributed by atoms with Crippen molar-refractivity contribution >= 4 is 17.2 Å². The van der Waals surface area contributed by atoms with Crippen molar-refractivity contribution in [1.29, 1.82) is 0 Å². The lowest BCUT2D eigenvalue weighted by atomic mass is 10.1. The van der Waals surface area contributed by atoms with Crippen LogP contribution in [0.3, 0.4) is 0 Å². The number of halogens is 1. The minimum absolute atomic E-state index is 0.108. The number of hydrogen-bond acceptors (Lipinski definition) is 3. The van der Waals surface area contributed by atoms with Gasteiger partial charge in [-0.25, -0.2) is 4.39 Å². The van der Waals surface area contributed by atoms with Crippen LogP contribution in [0.4, 0.5) is 4.39 Å². The van der Waals surface area contributed by atoms with Crippen molar-refractivity contribution in [2.24, 2.45) is 0 Å². The van der Waals surface area contributed by atoms with Crippen LogP contribution in [-0.4, -0.2) is 36.0 Å². The molecular formula is C21H24FN3OS. The molecule has 0 radical (unpaired) electrons. The van der Waals surface area contributed by atoms with Crippen LogP contribution in [0.2, 0.25) is 0 Å². The fraction of sp³-hybridized carbons (Fsp3) is 0.286. The highest BCUT2D eigenvalue weighted by molar-refractivity contribution is 7.15. The van der Waals surface area contributed by atoms with Gasteiger partial charge in [-0.2, -0.15) is 0 Å². The molecule has 27 heavy (non-hydrogen) atoms. The summed E-state index contributed by atoms with van der Waals surface area (Å²) in [6.07, 6.45) is 3.88. The van der Waals surface area contributed by atoms with E-state index in [9.17, 15) is 9.18 Å². The zero-order chi connectivity index (χ0) is 19.6. The maximum atomic E-state index is 13.6. The number of amides is 1. The van der Waals surface area contributed by atoms with E-state index in [2.05, 4.69) is 5.32 Å². The Morgan fingerprint density at radius 3 is 2.56 bits per heavy atom. The van der Waals surface area contributed by atoms with Crippen molar-refractivity contribution in [3.8, 4) is 5.00 Å². The first-order valence-electron chi connectivity index (χ1n) is 8.82. The first kappa shape index (κ1) is 19.3. The quantitative estimate of drug-likeness (QED) is 0.686. The summed E-state index contributed by atoms with van der Waals surface area (Å²) in [7, 11) is 3.85. The molecule has 6 heteroatoms. The second-order valence-electron chi connectivity index (χ2n) is 6.80. The first-order valence-corrected chi connectivity index (χ1v) is 9.63. The Hall–Kier alpha value is -2.44. The van der Waals surface area contributed by atoms with Gasteiger partial charge in [-0.05, 0) is 63.3 Å². The molecule has 0 bridgehead atoms. The number of nitrogens with one attached hydrogen (secondary N) is 1. The highest BCUT2D eigenvalue weighted by Crippen LogP contribution is 2.31. The molecule has 0 aliphatic heterocycles. The summed E-state index contributed by atoms with van der Waals surface area (Å²) in [5.74, 6) is -0.381. The zero-order valence-corrected chi connectivity index (χ0v) is 16.8. The largest absolute Gasteiger partial charge is 0.350 e. The molecule has 3 aromatic rings. The minimum atomic E-state index is -0.273. The molecule has 0 aliphatic carbocycles. The van der Waals surface area contributed by atoms with Crippen molar-refractivity contribution in [2.75, 3.05) is 20.6 Å². The molecule has 1 unspecified atom stereocenters. The van der Waals surface area contributed by atoms with Gasteiger partial charge in [0.05, 0.1) is 11.6 Å². The molecule has 4 nitrogen and oxygen atoms in total. The molecule has 2 aromatic heterocycles. The Kier molecular flexibility index (Phi) is 5.77. The molecule has 1 N–H and O–H groups in total. The van der Waals surface area contributed by atoms with Gasteiger partial charge in [-0.15, -0.1) is 11.3 Å². The number of nitrogens with zero attached hydrogens (tertiary/aromatic N) is 2. The lowest BCUT2D eigenvalue weighted by Crippen LogP contribution is -2.35. The highest BCUT2D eigenvalue weighted by Gasteiger charge is 2.22. The lowest BCUT2D eigenvalue weighted by molar-refractivity contribution is 0.0941. The molecule has 0 spiro atoms. The fourth-order valence-corrected chi connectivity index (χ4v) is 4.24. The molecule has 0 saturated carbocycles. The number of carbonyl (C=O) groups excluding carboxylic acids is 1. The molecule has 1 amide bonds. The minimum Gasteiger partial charge on any atom is -0.350 e. The number of thiophene rings is 1. The van der Waals surface area contributed by atoms with Crippen molar-refractivity contribution in [3.05, 3.63) is 76.2 Å². The van der Waals surface area contributed by atoms with Crippen molar-refractivity contribution < 1.29 is 9.18 Å². The standard InChI is InChI=1S/C21H24FN3OS/c1-14-15(2)27-21(25-10-5-6-11-25)19(14)20(26)23-13-18(24(3)4)16-8-7-9-17(22)12-16/h5-12,18H,13H2,1-4H3,(H,23,26). The van der Waals surface area contributed by atoms with Crippen molar-refractivity contribution in [1.82, 2.24) is 14.8 Å². The van der Waals surface area contributed by atoms with Gasteiger partial charge >= 0.3 is 0 Å². The van der Waals surface area contributed by atoms with Gasteiger partial charge in [-0.3, -0.25) is 4.79 Å². The van der Waals surface area contributed by atoms with E-state index in [1.54, 1.807) is 17.4 Å². The van der Waals surface area contributed by atoms with E-state index in [0.29, 0.717) is 12.1 Å². The Morgan fingerprint density at radius 1 is 1.22 bits per heavy atom. The van der Waals surface area contributed by atoms with Crippen LogP contribution >= 0.6 is 11.3 Å². The van der Waals surface area contributed by atoms with E-state index >= 15 is 0 Å². The van der Waals surface area contributed by atoms with E-state index < -0.39 is 0 Å². The summed E-state index contributed by atoms with van der Waals surface area (Å²) < 4.78 is 15.6. The Bertz CT molecular complexity index is 931. The van der Waals surface area contributed by atoms with Gasteiger partial charge in [0, 0.05) is 23.8 Å². The van der Waals surface area contributed by atoms with Gasteiger partial charge in [0.15, 0.2) is 0 Å². The van der Waals surface area contributed by atoms with E-state index in [0.717, 1.165) is 21.0 Å². The van der Waals surface area contributed by atoms with Crippen LogP contribution in [0.25, 0.3) is 5.00 Å².